The molecule has 0 radical (unpaired) electrons. The Morgan fingerprint density at radius 2 is 1.82 bits per heavy atom. The van der Waals surface area contributed by atoms with Gasteiger partial charge in [0, 0.05) is 6.08 Å². The van der Waals surface area contributed by atoms with Gasteiger partial charge in [-0.15, -0.1) is 0 Å². The van der Waals surface area contributed by atoms with Crippen LogP contribution in [0.5, 0.6) is 0 Å². The van der Waals surface area contributed by atoms with E-state index in [4.69, 9.17) is 10.2 Å². The molecule has 11 heavy (non-hydrogen) atoms. The van der Waals surface area contributed by atoms with Gasteiger partial charge < -0.3 is 15.9 Å². The number of carbonyl (C=O) groups excluding carboxylic acids is 1. The van der Waals surface area contributed by atoms with Gasteiger partial charge in [-0.05, 0) is 6.92 Å². The Labute approximate surface area is 64.1 Å². The third-order valence-corrected chi connectivity index (χ3v) is 0.586. The third-order valence-electron chi connectivity index (χ3n) is 0.586. The molecule has 1 unspecified atom stereocenters. The largest absolute Gasteiger partial charge is 0.478 e. The summed E-state index contributed by atoms with van der Waals surface area (Å²) in [5.41, 5.74) is 4.55. The number of hydrogen-bond donors (Lipinski definition) is 3. The highest BCUT2D eigenvalue weighted by atomic mass is 16.4. The van der Waals surface area contributed by atoms with Gasteiger partial charge in [0.15, 0.2) is 0 Å². The van der Waals surface area contributed by atoms with Gasteiger partial charge in [-0.3, -0.25) is 4.79 Å². The highest BCUT2D eigenvalue weighted by Gasteiger charge is 1.98. The molecule has 64 valence electrons. The Kier molecular flexibility index (Phi) is 7.57. The average molecular weight is 161 g/mol. The number of nitrogens with two attached hydrogens (primary N) is 1. The molecule has 0 bridgehead atoms. The lowest BCUT2D eigenvalue weighted by atomic mass is 10.4. The Bertz CT molecular complexity index is 153. The van der Waals surface area contributed by atoms with Gasteiger partial charge in [0.2, 0.25) is 5.91 Å². The van der Waals surface area contributed by atoms with Crippen molar-refractivity contribution in [3.05, 3.63) is 12.7 Å². The summed E-state index contributed by atoms with van der Waals surface area (Å²) >= 11 is 0. The molecule has 0 rings (SSSR count). The van der Waals surface area contributed by atoms with Gasteiger partial charge >= 0.3 is 5.97 Å². The van der Waals surface area contributed by atoms with Gasteiger partial charge in [0.25, 0.3) is 0 Å². The maximum absolute atomic E-state index is 9.67. The SMILES string of the molecule is C=CC(=O)O.CC(O)C(N)=O. The summed E-state index contributed by atoms with van der Waals surface area (Å²) in [5.74, 6) is -1.67. The number of carbonyl (C=O) groups is 2. The normalized spacial score (nSPS) is 10.4. The van der Waals surface area contributed by atoms with Gasteiger partial charge in [0.05, 0.1) is 0 Å². The van der Waals surface area contributed by atoms with E-state index < -0.39 is 18.0 Å². The molecule has 0 aromatic heterocycles. The molecule has 0 aliphatic rings. The van der Waals surface area contributed by atoms with Crippen LogP contribution in [0.3, 0.4) is 0 Å². The van der Waals surface area contributed by atoms with Crippen LogP contribution in [0.1, 0.15) is 6.92 Å². The minimum Gasteiger partial charge on any atom is -0.478 e. The summed E-state index contributed by atoms with van der Waals surface area (Å²) in [6.45, 7) is 4.28. The monoisotopic (exact) mass is 161 g/mol. The summed E-state index contributed by atoms with van der Waals surface area (Å²) in [6, 6.07) is 0. The maximum Gasteiger partial charge on any atom is 0.327 e. The Balaban J connectivity index is 0. The number of aliphatic hydroxyl groups is 1. The van der Waals surface area contributed by atoms with E-state index in [9.17, 15) is 9.59 Å². The molecule has 0 fully saturated rings. The number of aliphatic hydroxyl groups excluding tert-OH is 1. The van der Waals surface area contributed by atoms with Crippen LogP contribution in [0.25, 0.3) is 0 Å². The molecule has 5 nitrogen and oxygen atoms in total. The number of amides is 1. The molecule has 0 spiro atoms. The second kappa shape index (κ2) is 6.76. The number of primary amides is 1. The quantitative estimate of drug-likeness (QED) is 0.457. The lowest BCUT2D eigenvalue weighted by molar-refractivity contribution is -0.131. The molecule has 0 aliphatic heterocycles. The number of aliphatic carboxylic acids is 1. The van der Waals surface area contributed by atoms with Crippen molar-refractivity contribution in [1.82, 2.24) is 0 Å². The van der Waals surface area contributed by atoms with Crippen LogP contribution in [0.15, 0.2) is 12.7 Å². The zero-order valence-electron chi connectivity index (χ0n) is 6.15. The van der Waals surface area contributed by atoms with E-state index in [1.807, 2.05) is 0 Å². The predicted molar refractivity (Wildman–Crippen MR) is 38.7 cm³/mol. The lowest BCUT2D eigenvalue weighted by Gasteiger charge is -1.90. The van der Waals surface area contributed by atoms with Crippen molar-refractivity contribution >= 4 is 11.9 Å². The fraction of sp³-hybridized carbons (Fsp3) is 0.333. The van der Waals surface area contributed by atoms with Crippen LogP contribution < -0.4 is 5.73 Å². The van der Waals surface area contributed by atoms with Crippen molar-refractivity contribution in [3.8, 4) is 0 Å². The molecule has 1 amide bonds. The highest BCUT2D eigenvalue weighted by molar-refractivity contribution is 5.78. The number of hydrogen-bond acceptors (Lipinski definition) is 3. The Hall–Kier alpha value is -1.36. The van der Waals surface area contributed by atoms with E-state index in [1.165, 1.54) is 6.92 Å². The van der Waals surface area contributed by atoms with Gasteiger partial charge in [-0.2, -0.15) is 0 Å². The zero-order chi connectivity index (χ0) is 9.44. The average Bonchev–Trinajstić information content (AvgIpc) is 1.89. The molecule has 0 heterocycles. The molecule has 4 N–H and O–H groups in total. The van der Waals surface area contributed by atoms with E-state index >= 15 is 0 Å². The predicted octanol–water partition coefficient (Wildman–Crippen LogP) is -0.891. The van der Waals surface area contributed by atoms with Crippen molar-refractivity contribution in [2.45, 2.75) is 13.0 Å². The number of rotatable bonds is 2. The first kappa shape index (κ1) is 12.3. The number of carboxylic acid groups (broad SMARTS) is 1. The van der Waals surface area contributed by atoms with E-state index in [1.54, 1.807) is 0 Å². The van der Waals surface area contributed by atoms with Gasteiger partial charge in [-0.1, -0.05) is 6.58 Å². The van der Waals surface area contributed by atoms with Crippen LogP contribution in [0.2, 0.25) is 0 Å². The van der Waals surface area contributed by atoms with E-state index in [2.05, 4.69) is 12.3 Å². The molecule has 0 aromatic carbocycles. The van der Waals surface area contributed by atoms with Crippen molar-refractivity contribution in [2.24, 2.45) is 5.73 Å². The summed E-state index contributed by atoms with van der Waals surface area (Å²) in [6.07, 6.45) is -0.176. The Morgan fingerprint density at radius 3 is 1.82 bits per heavy atom. The Morgan fingerprint density at radius 1 is 1.64 bits per heavy atom. The molecule has 0 saturated carbocycles. The second-order valence-electron chi connectivity index (χ2n) is 1.62. The van der Waals surface area contributed by atoms with Crippen molar-refractivity contribution in [2.75, 3.05) is 0 Å². The van der Waals surface area contributed by atoms with Crippen molar-refractivity contribution in [3.63, 3.8) is 0 Å². The lowest BCUT2D eigenvalue weighted by Crippen LogP contribution is -2.24. The summed E-state index contributed by atoms with van der Waals surface area (Å²) in [7, 11) is 0. The standard InChI is InChI=1S/C3H7NO2.C3H4O2/c1-2(5)3(4)6;1-2-3(4)5/h2,5H,1H3,(H2,4,6);2H,1H2,(H,4,5). The molecular weight excluding hydrogens is 150 g/mol. The fourth-order valence-electron chi connectivity index (χ4n) is 0. The van der Waals surface area contributed by atoms with Crippen LogP contribution in [0.4, 0.5) is 0 Å². The first-order valence-corrected chi connectivity index (χ1v) is 2.74. The van der Waals surface area contributed by atoms with Crippen LogP contribution >= 0.6 is 0 Å². The highest BCUT2D eigenvalue weighted by Crippen LogP contribution is 1.70. The van der Waals surface area contributed by atoms with Crippen molar-refractivity contribution in [1.29, 1.82) is 0 Å². The second-order valence-corrected chi connectivity index (χ2v) is 1.62. The van der Waals surface area contributed by atoms with Crippen LogP contribution in [-0.2, 0) is 9.59 Å². The molecule has 1 atom stereocenters. The first-order chi connectivity index (χ1) is 4.91. The first-order valence-electron chi connectivity index (χ1n) is 2.74. The van der Waals surface area contributed by atoms with E-state index in [0.717, 1.165) is 6.08 Å². The fourth-order valence-corrected chi connectivity index (χ4v) is 0. The summed E-state index contributed by atoms with van der Waals surface area (Å²) in [4.78, 5) is 18.9. The number of carboxylic acids is 1. The summed E-state index contributed by atoms with van der Waals surface area (Å²) in [5, 5.41) is 15.8. The smallest absolute Gasteiger partial charge is 0.327 e. The third kappa shape index (κ3) is 17.7. The minimum absolute atomic E-state index is 0.685. The van der Waals surface area contributed by atoms with Crippen LogP contribution in [-0.4, -0.2) is 28.2 Å². The topological polar surface area (TPSA) is 101 Å². The van der Waals surface area contributed by atoms with E-state index in [-0.39, 0.29) is 0 Å². The van der Waals surface area contributed by atoms with Gasteiger partial charge in [0.1, 0.15) is 6.10 Å². The summed E-state index contributed by atoms with van der Waals surface area (Å²) < 4.78 is 0. The van der Waals surface area contributed by atoms with Crippen LogP contribution in [0, 0.1) is 0 Å². The molecule has 0 aromatic rings. The minimum atomic E-state index is -1.01. The van der Waals surface area contributed by atoms with Crippen molar-refractivity contribution < 1.29 is 19.8 Å². The van der Waals surface area contributed by atoms with E-state index in [0.29, 0.717) is 0 Å². The molecule has 5 heteroatoms. The molecule has 0 saturated heterocycles. The molecule has 0 aliphatic carbocycles. The maximum atomic E-state index is 9.67. The molecular formula is C6H11NO4. The van der Waals surface area contributed by atoms with Gasteiger partial charge in [-0.25, -0.2) is 4.79 Å². The zero-order valence-corrected chi connectivity index (χ0v) is 6.15.